The van der Waals surface area contributed by atoms with E-state index >= 15 is 0 Å². The molecule has 0 saturated carbocycles. The van der Waals surface area contributed by atoms with Crippen LogP contribution in [0.1, 0.15) is 5.56 Å². The molecule has 0 spiro atoms. The number of anilines is 1. The molecule has 0 atom stereocenters. The van der Waals surface area contributed by atoms with Crippen molar-refractivity contribution in [2.75, 3.05) is 25.5 Å². The maximum atomic E-state index is 11.3. The molecule has 5 nitrogen and oxygen atoms in total. The number of guanidine groups is 1. The molecule has 0 unspecified atom stereocenters. The summed E-state index contributed by atoms with van der Waals surface area (Å²) in [5.41, 5.74) is 2.88. The van der Waals surface area contributed by atoms with Crippen LogP contribution >= 0.6 is 11.6 Å². The monoisotopic (exact) mass is 264 g/mol. The van der Waals surface area contributed by atoms with Crippen LogP contribution < -0.4 is 10.2 Å². The van der Waals surface area contributed by atoms with Crippen molar-refractivity contribution in [1.29, 1.82) is 0 Å². The third-order valence-corrected chi connectivity index (χ3v) is 3.41. The van der Waals surface area contributed by atoms with Crippen molar-refractivity contribution in [2.45, 2.75) is 6.54 Å². The average molecular weight is 265 g/mol. The number of benzene rings is 1. The predicted molar refractivity (Wildman–Crippen MR) is 71.4 cm³/mol. The van der Waals surface area contributed by atoms with Gasteiger partial charge in [-0.3, -0.25) is 10.1 Å². The first-order chi connectivity index (χ1) is 8.54. The van der Waals surface area contributed by atoms with E-state index in [1.807, 2.05) is 36.0 Å². The molecule has 0 radical (unpaired) electrons. The van der Waals surface area contributed by atoms with Crippen LogP contribution in [0.25, 0.3) is 0 Å². The summed E-state index contributed by atoms with van der Waals surface area (Å²) >= 11 is 6.22. The van der Waals surface area contributed by atoms with Crippen molar-refractivity contribution in [3.8, 4) is 0 Å². The molecule has 1 aromatic rings. The van der Waals surface area contributed by atoms with Gasteiger partial charge in [-0.05, 0) is 17.7 Å². The second kappa shape index (κ2) is 3.88. The smallest absolute Gasteiger partial charge is 0.246 e. The van der Waals surface area contributed by atoms with Crippen molar-refractivity contribution in [2.24, 2.45) is 4.99 Å². The molecule has 6 heteroatoms. The van der Waals surface area contributed by atoms with Gasteiger partial charge in [0.05, 0.1) is 16.4 Å². The summed E-state index contributed by atoms with van der Waals surface area (Å²) in [5.74, 6) is 0.613. The molecule has 18 heavy (non-hydrogen) atoms. The lowest BCUT2D eigenvalue weighted by atomic mass is 10.1. The summed E-state index contributed by atoms with van der Waals surface area (Å²) in [6.45, 7) is 1.06. The quantitative estimate of drug-likeness (QED) is 0.833. The SMILES string of the molecule is CN(C)c1cc2c(cc1Cl)N=C1NC(=O)CN1C2. The molecule has 1 N–H and O–H groups in total. The molecule has 3 rings (SSSR count). The van der Waals surface area contributed by atoms with Crippen LogP contribution in [0.4, 0.5) is 11.4 Å². The summed E-state index contributed by atoms with van der Waals surface area (Å²) < 4.78 is 0. The molecule has 2 aliphatic rings. The zero-order valence-corrected chi connectivity index (χ0v) is 11.0. The van der Waals surface area contributed by atoms with Gasteiger partial charge in [-0.2, -0.15) is 0 Å². The van der Waals surface area contributed by atoms with E-state index in [-0.39, 0.29) is 5.91 Å². The summed E-state index contributed by atoms with van der Waals surface area (Å²) in [6, 6.07) is 3.88. The Morgan fingerprint density at radius 3 is 2.89 bits per heavy atom. The van der Waals surface area contributed by atoms with Crippen molar-refractivity contribution >= 4 is 34.8 Å². The maximum Gasteiger partial charge on any atom is 0.246 e. The van der Waals surface area contributed by atoms with Crippen molar-refractivity contribution in [3.63, 3.8) is 0 Å². The molecule has 1 amide bonds. The lowest BCUT2D eigenvalue weighted by Gasteiger charge is -2.25. The van der Waals surface area contributed by atoms with E-state index in [1.54, 1.807) is 0 Å². The van der Waals surface area contributed by atoms with E-state index in [2.05, 4.69) is 10.3 Å². The second-order valence-corrected chi connectivity index (χ2v) is 5.07. The van der Waals surface area contributed by atoms with E-state index in [1.165, 1.54) is 0 Å². The number of hydrogen-bond donors (Lipinski definition) is 1. The van der Waals surface area contributed by atoms with Gasteiger partial charge in [0, 0.05) is 20.6 Å². The van der Waals surface area contributed by atoms with E-state index < -0.39 is 0 Å². The number of amides is 1. The van der Waals surface area contributed by atoms with Gasteiger partial charge in [-0.25, -0.2) is 4.99 Å². The number of halogens is 1. The van der Waals surface area contributed by atoms with E-state index in [4.69, 9.17) is 11.6 Å². The van der Waals surface area contributed by atoms with Crippen LogP contribution in [0, 0.1) is 0 Å². The van der Waals surface area contributed by atoms with Gasteiger partial charge in [-0.1, -0.05) is 11.6 Å². The summed E-state index contributed by atoms with van der Waals surface area (Å²) in [6.07, 6.45) is 0. The first kappa shape index (κ1) is 11.3. The number of hydrogen-bond acceptors (Lipinski definition) is 4. The Hall–Kier alpha value is -1.75. The third kappa shape index (κ3) is 1.71. The van der Waals surface area contributed by atoms with Gasteiger partial charge >= 0.3 is 0 Å². The predicted octanol–water partition coefficient (Wildman–Crippen LogP) is 1.34. The van der Waals surface area contributed by atoms with Crippen LogP contribution in [-0.4, -0.2) is 37.4 Å². The highest BCUT2D eigenvalue weighted by molar-refractivity contribution is 6.33. The van der Waals surface area contributed by atoms with Crippen molar-refractivity contribution < 1.29 is 4.79 Å². The fraction of sp³-hybridized carbons (Fsp3) is 0.333. The van der Waals surface area contributed by atoms with Crippen LogP contribution in [0.3, 0.4) is 0 Å². The molecule has 2 heterocycles. The van der Waals surface area contributed by atoms with E-state index in [9.17, 15) is 4.79 Å². The zero-order chi connectivity index (χ0) is 12.9. The van der Waals surface area contributed by atoms with Gasteiger partial charge in [0.25, 0.3) is 0 Å². The summed E-state index contributed by atoms with van der Waals surface area (Å²) in [7, 11) is 3.90. The number of nitrogens with one attached hydrogen (secondary N) is 1. The standard InChI is InChI=1S/C12H13ClN4O/c1-16(2)10-3-7-5-17-6-11(18)15-12(17)14-9(7)4-8(10)13/h3-4H,5-6H2,1-2H3,(H,14,15,18). The Morgan fingerprint density at radius 1 is 1.39 bits per heavy atom. The topological polar surface area (TPSA) is 47.9 Å². The summed E-state index contributed by atoms with van der Waals surface area (Å²) in [4.78, 5) is 19.7. The zero-order valence-electron chi connectivity index (χ0n) is 10.2. The maximum absolute atomic E-state index is 11.3. The lowest BCUT2D eigenvalue weighted by Crippen LogP contribution is -2.32. The first-order valence-electron chi connectivity index (χ1n) is 5.68. The third-order valence-electron chi connectivity index (χ3n) is 3.10. The van der Waals surface area contributed by atoms with Crippen LogP contribution in [0.5, 0.6) is 0 Å². The molecule has 2 aliphatic heterocycles. The normalized spacial score (nSPS) is 16.9. The molecule has 1 fully saturated rings. The van der Waals surface area contributed by atoms with Gasteiger partial charge in [0.1, 0.15) is 6.54 Å². The Morgan fingerprint density at radius 2 is 2.17 bits per heavy atom. The Kier molecular flexibility index (Phi) is 2.45. The highest BCUT2D eigenvalue weighted by atomic mass is 35.5. The molecule has 0 aromatic heterocycles. The van der Waals surface area contributed by atoms with Gasteiger partial charge < -0.3 is 9.80 Å². The largest absolute Gasteiger partial charge is 0.376 e. The molecular formula is C12H13ClN4O. The number of carbonyl (C=O) groups excluding carboxylic acids is 1. The molecule has 1 aromatic carbocycles. The van der Waals surface area contributed by atoms with Crippen molar-refractivity contribution in [3.05, 3.63) is 22.7 Å². The fourth-order valence-corrected chi connectivity index (χ4v) is 2.54. The van der Waals surface area contributed by atoms with Crippen molar-refractivity contribution in [1.82, 2.24) is 10.2 Å². The summed E-state index contributed by atoms with van der Waals surface area (Å²) in [5, 5.41) is 3.40. The van der Waals surface area contributed by atoms with Crippen LogP contribution in [0.2, 0.25) is 5.02 Å². The molecular weight excluding hydrogens is 252 g/mol. The van der Waals surface area contributed by atoms with Gasteiger partial charge in [-0.15, -0.1) is 0 Å². The highest BCUT2D eigenvalue weighted by Crippen LogP contribution is 2.35. The van der Waals surface area contributed by atoms with E-state index in [0.717, 1.165) is 16.9 Å². The number of fused-ring (bicyclic) bond motifs is 2. The van der Waals surface area contributed by atoms with E-state index in [0.29, 0.717) is 24.1 Å². The number of carbonyl (C=O) groups is 1. The van der Waals surface area contributed by atoms with Gasteiger partial charge in [0.2, 0.25) is 11.9 Å². The Bertz CT molecular complexity index is 567. The minimum absolute atomic E-state index is 0.0134. The molecule has 1 saturated heterocycles. The Labute approximate surface area is 110 Å². The average Bonchev–Trinajstić information content (AvgIpc) is 2.64. The minimum atomic E-state index is -0.0134. The van der Waals surface area contributed by atoms with Crippen LogP contribution in [-0.2, 0) is 11.3 Å². The highest BCUT2D eigenvalue weighted by Gasteiger charge is 2.29. The minimum Gasteiger partial charge on any atom is -0.376 e. The van der Waals surface area contributed by atoms with Crippen LogP contribution in [0.15, 0.2) is 17.1 Å². The molecule has 0 aliphatic carbocycles. The number of aliphatic imine (C=N–C) groups is 1. The van der Waals surface area contributed by atoms with Gasteiger partial charge in [0.15, 0.2) is 0 Å². The number of nitrogens with zero attached hydrogens (tertiary/aromatic N) is 3. The Balaban J connectivity index is 2.06. The fourth-order valence-electron chi connectivity index (χ4n) is 2.21. The first-order valence-corrected chi connectivity index (χ1v) is 6.05. The second-order valence-electron chi connectivity index (χ2n) is 4.67. The molecule has 0 bridgehead atoms. The molecule has 94 valence electrons. The number of rotatable bonds is 1. The lowest BCUT2D eigenvalue weighted by molar-refractivity contribution is -0.118.